The predicted octanol–water partition coefficient (Wildman–Crippen LogP) is 5.21. The van der Waals surface area contributed by atoms with Crippen LogP contribution in [0.25, 0.3) is 0 Å². The maximum absolute atomic E-state index is 12.8. The van der Waals surface area contributed by atoms with Crippen molar-refractivity contribution in [2.45, 2.75) is 44.7 Å². The Bertz CT molecular complexity index is 636. The van der Waals surface area contributed by atoms with Crippen LogP contribution in [0.4, 0.5) is 18.9 Å². The van der Waals surface area contributed by atoms with Crippen LogP contribution in [0.2, 0.25) is 0 Å². The van der Waals surface area contributed by atoms with E-state index in [1.165, 1.54) is 44.6 Å². The molecule has 2 N–H and O–H groups in total. The molecule has 0 amide bonds. The highest BCUT2D eigenvalue weighted by Crippen LogP contribution is 2.59. The third-order valence-electron chi connectivity index (χ3n) is 6.24. The minimum absolute atomic E-state index is 0.342. The Hall–Kier alpha value is -1.30. The molecule has 0 radical (unpaired) electrons. The molecule has 1 aromatic rings. The van der Waals surface area contributed by atoms with Gasteiger partial charge in [0.25, 0.3) is 0 Å². The maximum Gasteiger partial charge on any atom is 0.416 e. The molecule has 4 bridgehead atoms. The largest absolute Gasteiger partial charge is 0.416 e. The molecule has 2 nitrogen and oxygen atoms in total. The van der Waals surface area contributed by atoms with Crippen molar-refractivity contribution in [1.82, 2.24) is 5.32 Å². The van der Waals surface area contributed by atoms with Crippen molar-refractivity contribution in [3.05, 3.63) is 29.8 Å². The summed E-state index contributed by atoms with van der Waals surface area (Å²) in [6.07, 6.45) is 3.67. The van der Waals surface area contributed by atoms with E-state index in [9.17, 15) is 13.2 Å². The first-order valence-electron chi connectivity index (χ1n) is 9.03. The molecule has 0 heterocycles. The van der Waals surface area contributed by atoms with Gasteiger partial charge in [-0.05, 0) is 92.1 Å². The first kappa shape index (κ1) is 17.1. The van der Waals surface area contributed by atoms with Crippen molar-refractivity contribution < 1.29 is 13.2 Å². The van der Waals surface area contributed by atoms with E-state index in [-0.39, 0.29) is 0 Å². The first-order chi connectivity index (χ1) is 11.8. The molecule has 0 saturated heterocycles. The standard InChI is InChI=1S/C19H23F3N2S/c20-19(21,22)15-2-1-3-16(7-15)24-17(25)23-11-18-8-12-4-13(9-18)6-14(5-12)10-18/h1-3,7,12-14H,4-6,8-11H2,(H2,23,24,25). The fourth-order valence-corrected chi connectivity index (χ4v) is 5.91. The van der Waals surface area contributed by atoms with Gasteiger partial charge in [-0.1, -0.05) is 6.07 Å². The number of alkyl halides is 3. The summed E-state index contributed by atoms with van der Waals surface area (Å²) in [6.45, 7) is 0.835. The summed E-state index contributed by atoms with van der Waals surface area (Å²) in [4.78, 5) is 0. The van der Waals surface area contributed by atoms with E-state index >= 15 is 0 Å². The molecule has 4 aliphatic rings. The zero-order chi connectivity index (χ0) is 17.7. The molecule has 4 fully saturated rings. The van der Waals surface area contributed by atoms with Gasteiger partial charge >= 0.3 is 6.18 Å². The summed E-state index contributed by atoms with van der Waals surface area (Å²) in [5.41, 5.74) is 0.0492. The van der Waals surface area contributed by atoms with Crippen molar-refractivity contribution in [3.8, 4) is 0 Å². The number of nitrogens with one attached hydrogen (secondary N) is 2. The molecule has 5 rings (SSSR count). The maximum atomic E-state index is 12.8. The Balaban J connectivity index is 1.36. The smallest absolute Gasteiger partial charge is 0.362 e. The van der Waals surface area contributed by atoms with E-state index in [2.05, 4.69) is 10.6 Å². The molecule has 0 spiro atoms. The molecule has 0 atom stereocenters. The predicted molar refractivity (Wildman–Crippen MR) is 96.3 cm³/mol. The number of thiocarbonyl (C=S) groups is 1. The number of benzene rings is 1. The van der Waals surface area contributed by atoms with Crippen molar-refractivity contribution in [2.24, 2.45) is 23.2 Å². The number of hydrogen-bond donors (Lipinski definition) is 2. The molecule has 4 saturated carbocycles. The summed E-state index contributed by atoms with van der Waals surface area (Å²) in [7, 11) is 0. The highest BCUT2D eigenvalue weighted by molar-refractivity contribution is 7.80. The van der Waals surface area contributed by atoms with Gasteiger partial charge in [0.15, 0.2) is 5.11 Å². The normalized spacial score (nSPS) is 33.3. The lowest BCUT2D eigenvalue weighted by molar-refractivity contribution is -0.137. The fourth-order valence-electron chi connectivity index (χ4n) is 5.72. The molecule has 0 aliphatic heterocycles. The van der Waals surface area contributed by atoms with Crippen molar-refractivity contribution in [2.75, 3.05) is 11.9 Å². The summed E-state index contributed by atoms with van der Waals surface area (Å²) in [5.74, 6) is 2.62. The number of hydrogen-bond acceptors (Lipinski definition) is 1. The van der Waals surface area contributed by atoms with Gasteiger partial charge in [0, 0.05) is 12.2 Å². The summed E-state index contributed by atoms with van der Waals surface area (Å²) < 4.78 is 38.4. The molecule has 136 valence electrons. The highest BCUT2D eigenvalue weighted by atomic mass is 32.1. The average Bonchev–Trinajstić information content (AvgIpc) is 2.51. The van der Waals surface area contributed by atoms with Gasteiger partial charge in [0.05, 0.1) is 5.56 Å². The fraction of sp³-hybridized carbons (Fsp3) is 0.632. The first-order valence-corrected chi connectivity index (χ1v) is 9.44. The molecule has 0 aromatic heterocycles. The summed E-state index contributed by atoms with van der Waals surface area (Å²) in [5, 5.41) is 6.60. The van der Waals surface area contributed by atoms with Crippen molar-refractivity contribution in [3.63, 3.8) is 0 Å². The zero-order valence-corrected chi connectivity index (χ0v) is 14.8. The SMILES string of the molecule is FC(F)(F)c1cccc(NC(=S)NCC23CC4CC(CC(C4)C2)C3)c1. The zero-order valence-electron chi connectivity index (χ0n) is 14.0. The van der Waals surface area contributed by atoms with E-state index in [0.29, 0.717) is 16.2 Å². The lowest BCUT2D eigenvalue weighted by atomic mass is 9.49. The van der Waals surface area contributed by atoms with Gasteiger partial charge in [-0.25, -0.2) is 0 Å². The monoisotopic (exact) mass is 368 g/mol. The Morgan fingerprint density at radius 2 is 1.68 bits per heavy atom. The Morgan fingerprint density at radius 3 is 2.24 bits per heavy atom. The Morgan fingerprint density at radius 1 is 1.08 bits per heavy atom. The molecular formula is C19H23F3N2S. The molecule has 6 heteroatoms. The van der Waals surface area contributed by atoms with Crippen LogP contribution in [-0.4, -0.2) is 11.7 Å². The average molecular weight is 368 g/mol. The topological polar surface area (TPSA) is 24.1 Å². The van der Waals surface area contributed by atoms with E-state index in [1.807, 2.05) is 0 Å². The lowest BCUT2D eigenvalue weighted by Gasteiger charge is -2.57. The van der Waals surface area contributed by atoms with E-state index in [0.717, 1.165) is 36.4 Å². The Labute approximate surface area is 151 Å². The number of anilines is 1. The van der Waals surface area contributed by atoms with Crippen LogP contribution in [0, 0.1) is 23.2 Å². The summed E-state index contributed by atoms with van der Waals surface area (Å²) in [6, 6.07) is 5.16. The molecular weight excluding hydrogens is 345 g/mol. The Kier molecular flexibility index (Phi) is 4.21. The molecule has 1 aromatic carbocycles. The van der Waals surface area contributed by atoms with Crippen LogP contribution in [0.1, 0.15) is 44.1 Å². The third kappa shape index (κ3) is 3.64. The van der Waals surface area contributed by atoms with Crippen LogP contribution in [0.5, 0.6) is 0 Å². The lowest BCUT2D eigenvalue weighted by Crippen LogP contribution is -2.51. The molecule has 0 unspecified atom stereocenters. The highest BCUT2D eigenvalue weighted by Gasteiger charge is 2.50. The second-order valence-corrected chi connectivity index (χ2v) is 8.71. The van der Waals surface area contributed by atoms with Gasteiger partial charge in [-0.2, -0.15) is 13.2 Å². The van der Waals surface area contributed by atoms with Crippen LogP contribution in [0.15, 0.2) is 24.3 Å². The molecule has 4 aliphatic carbocycles. The van der Waals surface area contributed by atoms with E-state index in [4.69, 9.17) is 12.2 Å². The third-order valence-corrected chi connectivity index (χ3v) is 6.48. The minimum Gasteiger partial charge on any atom is -0.362 e. The quantitative estimate of drug-likeness (QED) is 0.717. The van der Waals surface area contributed by atoms with Gasteiger partial charge in [-0.3, -0.25) is 0 Å². The van der Waals surface area contributed by atoms with Crippen molar-refractivity contribution in [1.29, 1.82) is 0 Å². The second-order valence-electron chi connectivity index (χ2n) is 8.30. The van der Waals surface area contributed by atoms with Gasteiger partial charge in [0.2, 0.25) is 0 Å². The summed E-state index contributed by atoms with van der Waals surface area (Å²) >= 11 is 5.32. The number of halogens is 3. The van der Waals surface area contributed by atoms with E-state index < -0.39 is 11.7 Å². The number of rotatable bonds is 3. The van der Waals surface area contributed by atoms with Crippen molar-refractivity contribution >= 4 is 23.0 Å². The second kappa shape index (κ2) is 6.15. The van der Waals surface area contributed by atoms with Gasteiger partial charge < -0.3 is 10.6 Å². The van der Waals surface area contributed by atoms with Gasteiger partial charge in [0.1, 0.15) is 0 Å². The van der Waals surface area contributed by atoms with Crippen LogP contribution >= 0.6 is 12.2 Å². The molecule has 25 heavy (non-hydrogen) atoms. The van der Waals surface area contributed by atoms with Crippen LogP contribution in [0.3, 0.4) is 0 Å². The minimum atomic E-state index is -4.34. The van der Waals surface area contributed by atoms with E-state index in [1.54, 1.807) is 6.07 Å². The van der Waals surface area contributed by atoms with Crippen LogP contribution in [-0.2, 0) is 6.18 Å². The van der Waals surface area contributed by atoms with Crippen LogP contribution < -0.4 is 10.6 Å². The van der Waals surface area contributed by atoms with Gasteiger partial charge in [-0.15, -0.1) is 0 Å².